The quantitative estimate of drug-likeness (QED) is 0.484. The molecule has 0 amide bonds. The molecule has 0 atom stereocenters. The first-order valence-electron chi connectivity index (χ1n) is 5.62. The van der Waals surface area contributed by atoms with E-state index in [1.54, 1.807) is 0 Å². The van der Waals surface area contributed by atoms with Gasteiger partial charge >= 0.3 is 0 Å². The largest absolute Gasteiger partial charge is 0.304 e. The molecule has 0 unspecified atom stereocenters. The van der Waals surface area contributed by atoms with Crippen LogP contribution in [0, 0.1) is 0 Å². The number of nitrogens with zero attached hydrogens (tertiary/aromatic N) is 4. The first kappa shape index (κ1) is 15.6. The lowest BCUT2D eigenvalue weighted by atomic mass is 10.4. The van der Waals surface area contributed by atoms with Crippen molar-refractivity contribution in [2.45, 2.75) is 25.4 Å². The Morgan fingerprint density at radius 1 is 1.50 bits per heavy atom. The van der Waals surface area contributed by atoms with E-state index in [0.717, 1.165) is 24.6 Å². The zero-order valence-corrected chi connectivity index (χ0v) is 12.8. The lowest BCUT2D eigenvalue weighted by molar-refractivity contribution is 0.382. The molecule has 1 fully saturated rings. The third-order valence-electron chi connectivity index (χ3n) is 2.65. The molecule has 2 rings (SSSR count). The van der Waals surface area contributed by atoms with Gasteiger partial charge in [-0.25, -0.2) is 10.2 Å². The molecule has 1 aliphatic rings. The summed E-state index contributed by atoms with van der Waals surface area (Å²) in [6, 6.07) is 2.67. The fraction of sp³-hybridized carbons (Fsp3) is 0.700. The van der Waals surface area contributed by atoms with Gasteiger partial charge in [-0.1, -0.05) is 0 Å². The van der Waals surface area contributed by atoms with Crippen LogP contribution in [0.2, 0.25) is 0 Å². The summed E-state index contributed by atoms with van der Waals surface area (Å²) in [5, 5.41) is 4.60. The van der Waals surface area contributed by atoms with Crippen LogP contribution < -0.4 is 10.2 Å². The van der Waals surface area contributed by atoms with E-state index in [4.69, 9.17) is 5.90 Å². The fourth-order valence-corrected chi connectivity index (χ4v) is 2.05. The summed E-state index contributed by atoms with van der Waals surface area (Å²) < 4.78 is 8.49. The van der Waals surface area contributed by atoms with Crippen LogP contribution in [-0.4, -0.2) is 35.8 Å². The van der Waals surface area contributed by atoms with Gasteiger partial charge in [-0.15, -0.1) is 0 Å². The second-order valence-corrected chi connectivity index (χ2v) is 5.46. The van der Waals surface area contributed by atoms with Gasteiger partial charge in [-0.2, -0.15) is 18.6 Å². The van der Waals surface area contributed by atoms with Crippen molar-refractivity contribution in [3.05, 3.63) is 11.8 Å². The molecule has 0 saturated heterocycles. The second kappa shape index (κ2) is 6.67. The number of nitrogens with two attached hydrogens (primary N) is 1. The first-order valence-corrected chi connectivity index (χ1v) is 6.32. The minimum Gasteiger partial charge on any atom is -0.304 e. The first-order chi connectivity index (χ1) is 8.11. The molecule has 1 aromatic rings. The number of rotatable bonds is 6. The van der Waals surface area contributed by atoms with Gasteiger partial charge in [0.2, 0.25) is 0 Å². The van der Waals surface area contributed by atoms with Crippen molar-refractivity contribution in [3.8, 4) is 0 Å². The lowest BCUT2D eigenvalue weighted by Gasteiger charge is -2.10. The summed E-state index contributed by atoms with van der Waals surface area (Å²) in [6.45, 7) is 0.894. The molecule has 0 bridgehead atoms. The van der Waals surface area contributed by atoms with E-state index in [1.165, 1.54) is 18.5 Å². The summed E-state index contributed by atoms with van der Waals surface area (Å²) in [6.07, 6.45) is 2.46. The Kier molecular flexibility index (Phi) is 5.80. The lowest BCUT2D eigenvalue weighted by Crippen LogP contribution is -2.14. The summed E-state index contributed by atoms with van der Waals surface area (Å²) in [7, 11) is 6.01. The van der Waals surface area contributed by atoms with Crippen LogP contribution in [0.25, 0.3) is 0 Å². The van der Waals surface area contributed by atoms with Crippen LogP contribution in [0.15, 0.2) is 6.07 Å². The molecule has 0 spiro atoms. The van der Waals surface area contributed by atoms with Crippen LogP contribution in [-0.2, 0) is 10.8 Å². The highest BCUT2D eigenvalue weighted by Crippen LogP contribution is 2.37. The predicted molar refractivity (Wildman–Crippen MR) is 79.5 cm³/mol. The molecular formula is C10H21N5OS2. The van der Waals surface area contributed by atoms with E-state index >= 15 is 0 Å². The summed E-state index contributed by atoms with van der Waals surface area (Å²) in [4.78, 5) is 2.15. The highest BCUT2D eigenvalue weighted by Gasteiger charge is 2.28. The summed E-state index contributed by atoms with van der Waals surface area (Å²) in [5.41, 5.74) is 1.23. The van der Waals surface area contributed by atoms with Crippen LogP contribution in [0.1, 0.15) is 24.6 Å². The Morgan fingerprint density at radius 3 is 2.67 bits per heavy atom. The maximum Gasteiger partial charge on any atom is 0.162 e. The van der Waals surface area contributed by atoms with Gasteiger partial charge in [0.15, 0.2) is 5.82 Å². The van der Waals surface area contributed by atoms with Gasteiger partial charge in [-0.3, -0.25) is 8.99 Å². The molecule has 0 aromatic carbocycles. The molecule has 104 valence electrons. The van der Waals surface area contributed by atoms with Crippen molar-refractivity contribution in [2.24, 2.45) is 5.90 Å². The molecule has 6 nitrogen and oxygen atoms in total. The highest BCUT2D eigenvalue weighted by atomic mass is 32.2. The Balaban J connectivity index is 0.00000162. The molecule has 0 aliphatic heterocycles. The highest BCUT2D eigenvalue weighted by molar-refractivity contribution is 7.96. The molecule has 1 aromatic heterocycles. The minimum absolute atomic E-state index is 0. The molecule has 1 heterocycles. The van der Waals surface area contributed by atoms with Gasteiger partial charge in [0.1, 0.15) is 12.2 Å². The predicted octanol–water partition coefficient (Wildman–Crippen LogP) is 1.28. The Hall–Kier alpha value is -0.410. The van der Waals surface area contributed by atoms with Crippen molar-refractivity contribution in [3.63, 3.8) is 0 Å². The third-order valence-corrected chi connectivity index (χ3v) is 3.15. The van der Waals surface area contributed by atoms with E-state index in [0.29, 0.717) is 6.04 Å². The van der Waals surface area contributed by atoms with E-state index in [9.17, 15) is 0 Å². The van der Waals surface area contributed by atoms with E-state index in [2.05, 4.69) is 39.1 Å². The summed E-state index contributed by atoms with van der Waals surface area (Å²) >= 11 is 1.08. The zero-order valence-electron chi connectivity index (χ0n) is 11.0. The number of aromatic nitrogens is 2. The molecular weight excluding hydrogens is 270 g/mol. The molecule has 1 aliphatic carbocycles. The van der Waals surface area contributed by atoms with E-state index < -0.39 is 0 Å². The van der Waals surface area contributed by atoms with Gasteiger partial charge in [0.25, 0.3) is 0 Å². The van der Waals surface area contributed by atoms with Crippen LogP contribution in [0.3, 0.4) is 0 Å². The summed E-state index contributed by atoms with van der Waals surface area (Å²) in [5.74, 6) is 5.92. The normalized spacial score (nSPS) is 14.7. The van der Waals surface area contributed by atoms with Crippen LogP contribution >= 0.6 is 25.7 Å². The maximum absolute atomic E-state index is 5.04. The molecule has 18 heavy (non-hydrogen) atoms. The zero-order chi connectivity index (χ0) is 12.4. The van der Waals surface area contributed by atoms with Crippen molar-refractivity contribution in [1.29, 1.82) is 0 Å². The smallest absolute Gasteiger partial charge is 0.162 e. The average Bonchev–Trinajstić information content (AvgIpc) is 3.01. The molecule has 1 saturated carbocycles. The fourth-order valence-electron chi connectivity index (χ4n) is 1.75. The van der Waals surface area contributed by atoms with Gasteiger partial charge in [0.05, 0.1) is 11.7 Å². The Bertz CT molecular complexity index is 380. The SMILES string of the molecule is CN(C)Cc1cc(N(C)SON)nn1C1CC1.S. The van der Waals surface area contributed by atoms with Crippen molar-refractivity contribution >= 4 is 31.5 Å². The van der Waals surface area contributed by atoms with Gasteiger partial charge < -0.3 is 4.90 Å². The Labute approximate surface area is 119 Å². The van der Waals surface area contributed by atoms with E-state index in [1.807, 2.05) is 11.4 Å². The monoisotopic (exact) mass is 291 g/mol. The second-order valence-electron chi connectivity index (χ2n) is 4.58. The van der Waals surface area contributed by atoms with Crippen LogP contribution in [0.5, 0.6) is 0 Å². The topological polar surface area (TPSA) is 59.6 Å². The average molecular weight is 291 g/mol. The van der Waals surface area contributed by atoms with Crippen molar-refractivity contribution < 1.29 is 4.28 Å². The Morgan fingerprint density at radius 2 is 2.17 bits per heavy atom. The van der Waals surface area contributed by atoms with Crippen molar-refractivity contribution in [1.82, 2.24) is 14.7 Å². The van der Waals surface area contributed by atoms with Crippen molar-refractivity contribution in [2.75, 3.05) is 25.4 Å². The van der Waals surface area contributed by atoms with Gasteiger partial charge in [-0.05, 0) is 26.9 Å². The standard InChI is InChI=1S/C10H19N5OS.H2S/c1-13(2)7-9-6-10(14(3)17-16-11)12-15(9)8-4-5-8;/h6,8H,4-5,7,11H2,1-3H3;1H2. The number of hydrogen-bond acceptors (Lipinski definition) is 6. The van der Waals surface area contributed by atoms with E-state index in [-0.39, 0.29) is 13.5 Å². The number of hydrogen-bond donors (Lipinski definition) is 1. The van der Waals surface area contributed by atoms with Crippen LogP contribution in [0.4, 0.5) is 5.82 Å². The minimum atomic E-state index is 0. The number of anilines is 1. The molecule has 8 heteroatoms. The van der Waals surface area contributed by atoms with Gasteiger partial charge in [0, 0.05) is 19.7 Å². The third kappa shape index (κ3) is 3.79. The maximum atomic E-state index is 5.04. The molecule has 2 N–H and O–H groups in total. The molecule has 0 radical (unpaired) electrons.